The van der Waals surface area contributed by atoms with E-state index in [-0.39, 0.29) is 18.4 Å². The van der Waals surface area contributed by atoms with Crippen LogP contribution in [0.1, 0.15) is 34.8 Å². The fraction of sp³-hybridized carbons (Fsp3) is 0.300. The second-order valence-corrected chi connectivity index (χ2v) is 7.12. The summed E-state index contributed by atoms with van der Waals surface area (Å²) in [7, 11) is 0. The Morgan fingerprint density at radius 3 is 2.27 bits per heavy atom. The minimum Gasteiger partial charge on any atom is -0.329 e. The minimum absolute atomic E-state index is 0.0430. The van der Waals surface area contributed by atoms with Gasteiger partial charge in [0, 0.05) is 17.1 Å². The molecule has 1 N–H and O–H groups in total. The normalized spacial score (nSPS) is 10.5. The van der Waals surface area contributed by atoms with Crippen LogP contribution in [0.5, 0.6) is 0 Å². The largest absolute Gasteiger partial charge is 0.329 e. The van der Waals surface area contributed by atoms with E-state index in [1.54, 1.807) is 23.1 Å². The van der Waals surface area contributed by atoms with Crippen molar-refractivity contribution in [2.45, 2.75) is 27.2 Å². The molecule has 0 saturated carbocycles. The summed E-state index contributed by atoms with van der Waals surface area (Å²) in [5.41, 5.74) is 3.09. The van der Waals surface area contributed by atoms with Crippen LogP contribution >= 0.6 is 23.2 Å². The summed E-state index contributed by atoms with van der Waals surface area (Å²) < 4.78 is 0. The molecule has 0 fully saturated rings. The highest BCUT2D eigenvalue weighted by Gasteiger charge is 2.19. The van der Waals surface area contributed by atoms with Crippen LogP contribution in [0.3, 0.4) is 0 Å². The molecule has 0 radical (unpaired) electrons. The van der Waals surface area contributed by atoms with Crippen LogP contribution in [-0.2, 0) is 4.79 Å². The van der Waals surface area contributed by atoms with E-state index in [9.17, 15) is 9.59 Å². The van der Waals surface area contributed by atoms with Gasteiger partial charge in [-0.2, -0.15) is 0 Å². The van der Waals surface area contributed by atoms with Crippen LogP contribution < -0.4 is 5.32 Å². The zero-order valence-corrected chi connectivity index (χ0v) is 16.6. The fourth-order valence-corrected chi connectivity index (χ4v) is 3.21. The Kier molecular flexibility index (Phi) is 7.06. The van der Waals surface area contributed by atoms with Gasteiger partial charge in [0.2, 0.25) is 5.91 Å². The predicted molar refractivity (Wildman–Crippen MR) is 107 cm³/mol. The number of amides is 2. The molecule has 4 nitrogen and oxygen atoms in total. The Labute approximate surface area is 164 Å². The van der Waals surface area contributed by atoms with Gasteiger partial charge in [0.05, 0.1) is 10.7 Å². The standard InChI is InChI=1S/C20H22Cl2N2O2/c1-4-7-24(20(26)15-9-13(2)8-14(3)10-15)12-19(25)23-18-6-5-16(21)11-17(18)22/h5-6,8-11H,4,7,12H2,1-3H3,(H,23,25). The van der Waals surface area contributed by atoms with E-state index < -0.39 is 0 Å². The van der Waals surface area contributed by atoms with Crippen molar-refractivity contribution in [3.05, 3.63) is 63.1 Å². The molecule has 0 saturated heterocycles. The molecule has 0 unspecified atom stereocenters. The number of halogens is 2. The van der Waals surface area contributed by atoms with E-state index in [0.29, 0.717) is 27.8 Å². The number of nitrogens with zero attached hydrogens (tertiary/aromatic N) is 1. The average molecular weight is 393 g/mol. The molecule has 0 aromatic heterocycles. The van der Waals surface area contributed by atoms with Crippen molar-refractivity contribution in [2.75, 3.05) is 18.4 Å². The lowest BCUT2D eigenvalue weighted by Crippen LogP contribution is -2.38. The van der Waals surface area contributed by atoms with Gasteiger partial charge in [-0.05, 0) is 50.6 Å². The maximum absolute atomic E-state index is 12.8. The topological polar surface area (TPSA) is 49.4 Å². The van der Waals surface area contributed by atoms with Crippen molar-refractivity contribution >= 4 is 40.7 Å². The molecule has 0 aliphatic carbocycles. The van der Waals surface area contributed by atoms with Gasteiger partial charge in [-0.15, -0.1) is 0 Å². The van der Waals surface area contributed by atoms with Crippen molar-refractivity contribution in [1.82, 2.24) is 4.90 Å². The molecular formula is C20H22Cl2N2O2. The Hall–Kier alpha value is -2.04. The van der Waals surface area contributed by atoms with Crippen molar-refractivity contribution < 1.29 is 9.59 Å². The van der Waals surface area contributed by atoms with E-state index in [1.807, 2.05) is 39.0 Å². The summed E-state index contributed by atoms with van der Waals surface area (Å²) in [5, 5.41) is 3.58. The molecule has 0 aliphatic heterocycles. The molecule has 0 spiro atoms. The van der Waals surface area contributed by atoms with Gasteiger partial charge in [0.25, 0.3) is 5.91 Å². The van der Waals surface area contributed by atoms with Gasteiger partial charge >= 0.3 is 0 Å². The number of carbonyl (C=O) groups is 2. The monoisotopic (exact) mass is 392 g/mol. The van der Waals surface area contributed by atoms with Gasteiger partial charge in [0.15, 0.2) is 0 Å². The summed E-state index contributed by atoms with van der Waals surface area (Å²) in [6, 6.07) is 10.5. The van der Waals surface area contributed by atoms with Crippen LogP contribution in [0.15, 0.2) is 36.4 Å². The lowest BCUT2D eigenvalue weighted by atomic mass is 10.1. The molecule has 0 bridgehead atoms. The van der Waals surface area contributed by atoms with Gasteiger partial charge in [0.1, 0.15) is 6.54 Å². The van der Waals surface area contributed by atoms with E-state index >= 15 is 0 Å². The zero-order chi connectivity index (χ0) is 19.3. The van der Waals surface area contributed by atoms with Gasteiger partial charge in [-0.25, -0.2) is 0 Å². The first kappa shape index (κ1) is 20.3. The Morgan fingerprint density at radius 1 is 1.04 bits per heavy atom. The molecule has 26 heavy (non-hydrogen) atoms. The smallest absolute Gasteiger partial charge is 0.254 e. The highest BCUT2D eigenvalue weighted by Crippen LogP contribution is 2.25. The first-order chi connectivity index (χ1) is 12.3. The second-order valence-electron chi connectivity index (χ2n) is 6.28. The molecule has 2 aromatic carbocycles. The summed E-state index contributed by atoms with van der Waals surface area (Å²) in [5.74, 6) is -0.462. The Bertz CT molecular complexity index is 801. The lowest BCUT2D eigenvalue weighted by molar-refractivity contribution is -0.116. The Morgan fingerprint density at radius 2 is 1.69 bits per heavy atom. The van der Waals surface area contributed by atoms with Crippen molar-refractivity contribution in [3.8, 4) is 0 Å². The van der Waals surface area contributed by atoms with Crippen molar-refractivity contribution in [2.24, 2.45) is 0 Å². The summed E-state index contributed by atoms with van der Waals surface area (Å²) in [4.78, 5) is 26.8. The molecule has 2 rings (SSSR count). The predicted octanol–water partition coefficient (Wildman–Crippen LogP) is 5.10. The molecule has 138 valence electrons. The second kappa shape index (κ2) is 9.06. The number of hydrogen-bond donors (Lipinski definition) is 1. The van der Waals surface area contributed by atoms with Crippen LogP contribution in [0.25, 0.3) is 0 Å². The number of rotatable bonds is 6. The number of aryl methyl sites for hydroxylation is 2. The Balaban J connectivity index is 2.13. The van der Waals surface area contributed by atoms with Crippen LogP contribution in [0.4, 0.5) is 5.69 Å². The van der Waals surface area contributed by atoms with Crippen molar-refractivity contribution in [1.29, 1.82) is 0 Å². The molecule has 0 aliphatic rings. The molecule has 6 heteroatoms. The highest BCUT2D eigenvalue weighted by molar-refractivity contribution is 6.36. The quantitative estimate of drug-likeness (QED) is 0.742. The zero-order valence-electron chi connectivity index (χ0n) is 15.1. The molecule has 2 aromatic rings. The number of carbonyl (C=O) groups excluding carboxylic acids is 2. The average Bonchev–Trinajstić information content (AvgIpc) is 2.55. The van der Waals surface area contributed by atoms with Crippen LogP contribution in [-0.4, -0.2) is 29.8 Å². The number of nitrogens with one attached hydrogen (secondary N) is 1. The minimum atomic E-state index is -0.305. The van der Waals surface area contributed by atoms with Crippen molar-refractivity contribution in [3.63, 3.8) is 0 Å². The number of anilines is 1. The molecule has 0 heterocycles. The lowest BCUT2D eigenvalue weighted by Gasteiger charge is -2.22. The third-order valence-corrected chi connectivity index (χ3v) is 4.34. The SMILES string of the molecule is CCCN(CC(=O)Nc1ccc(Cl)cc1Cl)C(=O)c1cc(C)cc(C)c1. The van der Waals surface area contributed by atoms with E-state index in [0.717, 1.165) is 17.5 Å². The third-order valence-electron chi connectivity index (χ3n) is 3.79. The van der Waals surface area contributed by atoms with Crippen LogP contribution in [0.2, 0.25) is 10.0 Å². The summed E-state index contributed by atoms with van der Waals surface area (Å²) in [6.45, 7) is 6.31. The van der Waals surface area contributed by atoms with E-state index in [4.69, 9.17) is 23.2 Å². The van der Waals surface area contributed by atoms with E-state index in [1.165, 1.54) is 0 Å². The third kappa shape index (κ3) is 5.48. The van der Waals surface area contributed by atoms with Gasteiger partial charge in [-0.3, -0.25) is 9.59 Å². The summed E-state index contributed by atoms with van der Waals surface area (Å²) in [6.07, 6.45) is 0.755. The highest BCUT2D eigenvalue weighted by atomic mass is 35.5. The maximum atomic E-state index is 12.8. The van der Waals surface area contributed by atoms with Gasteiger partial charge in [-0.1, -0.05) is 47.3 Å². The van der Waals surface area contributed by atoms with Gasteiger partial charge < -0.3 is 10.2 Å². The maximum Gasteiger partial charge on any atom is 0.254 e. The molecule has 0 atom stereocenters. The van der Waals surface area contributed by atoms with E-state index in [2.05, 4.69) is 5.32 Å². The first-order valence-electron chi connectivity index (χ1n) is 8.42. The molecular weight excluding hydrogens is 371 g/mol. The number of hydrogen-bond acceptors (Lipinski definition) is 2. The van der Waals surface area contributed by atoms with Crippen LogP contribution in [0, 0.1) is 13.8 Å². The fourth-order valence-electron chi connectivity index (χ4n) is 2.76. The summed E-state index contributed by atoms with van der Waals surface area (Å²) >= 11 is 11.9. The first-order valence-corrected chi connectivity index (χ1v) is 9.18. The number of benzene rings is 2. The molecule has 2 amide bonds.